The summed E-state index contributed by atoms with van der Waals surface area (Å²) in [4.78, 5) is 21.2. The number of carbonyl (C=O) groups excluding carboxylic acids is 2. The van der Waals surface area contributed by atoms with Gasteiger partial charge in [-0.2, -0.15) is 0 Å². The Morgan fingerprint density at radius 1 is 1.20 bits per heavy atom. The van der Waals surface area contributed by atoms with E-state index in [9.17, 15) is 14.7 Å². The molecular formula is C11H12O4. The van der Waals surface area contributed by atoms with E-state index in [0.717, 1.165) is 0 Å². The number of carbonyl (C=O) groups is 2. The lowest BCUT2D eigenvalue weighted by atomic mass is 10.0. The maximum atomic E-state index is 10.6. The van der Waals surface area contributed by atoms with Crippen molar-refractivity contribution in [3.63, 3.8) is 0 Å². The van der Waals surface area contributed by atoms with Crippen LogP contribution in [0.15, 0.2) is 12.1 Å². The average Bonchev–Trinajstić information content (AvgIpc) is 2.27. The summed E-state index contributed by atoms with van der Waals surface area (Å²) >= 11 is 0. The summed E-state index contributed by atoms with van der Waals surface area (Å²) in [7, 11) is 0. The second kappa shape index (κ2) is 5.26. The molecule has 80 valence electrons. The number of aliphatic hydroxyl groups excluding tert-OH is 1. The predicted molar refractivity (Wildman–Crippen MR) is 54.3 cm³/mol. The molecule has 0 radical (unpaired) electrons. The minimum absolute atomic E-state index is 0.00117. The van der Waals surface area contributed by atoms with Crippen molar-refractivity contribution in [2.24, 2.45) is 0 Å². The van der Waals surface area contributed by atoms with Gasteiger partial charge in [0.1, 0.15) is 12.0 Å². The maximum absolute atomic E-state index is 10.6. The van der Waals surface area contributed by atoms with Crippen molar-refractivity contribution in [3.05, 3.63) is 28.8 Å². The Kier molecular flexibility index (Phi) is 4.00. The lowest BCUT2D eigenvalue weighted by molar-refractivity contribution is 0.112. The Bertz CT molecular complexity index is 371. The minimum Gasteiger partial charge on any atom is -0.507 e. The number of phenols is 1. The number of rotatable bonds is 5. The number of aliphatic hydroxyl groups is 1. The maximum Gasteiger partial charge on any atom is 0.153 e. The fourth-order valence-corrected chi connectivity index (χ4v) is 1.36. The molecule has 0 heterocycles. The van der Waals surface area contributed by atoms with Crippen molar-refractivity contribution in [3.8, 4) is 5.75 Å². The molecule has 0 spiro atoms. The van der Waals surface area contributed by atoms with E-state index in [4.69, 9.17) is 5.11 Å². The summed E-state index contributed by atoms with van der Waals surface area (Å²) in [5.41, 5.74) is 0.964. The van der Waals surface area contributed by atoms with Crippen LogP contribution < -0.4 is 0 Å². The molecule has 0 aliphatic rings. The summed E-state index contributed by atoms with van der Waals surface area (Å²) in [6.07, 6.45) is 2.04. The first kappa shape index (κ1) is 11.4. The third kappa shape index (κ3) is 2.63. The quantitative estimate of drug-likeness (QED) is 0.706. The van der Waals surface area contributed by atoms with Crippen molar-refractivity contribution in [2.75, 3.05) is 6.61 Å². The first-order valence-electron chi connectivity index (χ1n) is 4.60. The molecule has 0 aliphatic carbocycles. The number of aldehydes is 2. The fourth-order valence-electron chi connectivity index (χ4n) is 1.36. The van der Waals surface area contributed by atoms with E-state index in [1.807, 2.05) is 0 Å². The molecule has 15 heavy (non-hydrogen) atoms. The highest BCUT2D eigenvalue weighted by atomic mass is 16.3. The monoisotopic (exact) mass is 208 g/mol. The molecule has 0 bridgehead atoms. The molecular weight excluding hydrogens is 196 g/mol. The van der Waals surface area contributed by atoms with Gasteiger partial charge in [-0.3, -0.25) is 9.59 Å². The lowest BCUT2D eigenvalue weighted by Crippen LogP contribution is -1.96. The summed E-state index contributed by atoms with van der Waals surface area (Å²) < 4.78 is 0. The highest BCUT2D eigenvalue weighted by Gasteiger charge is 2.08. The van der Waals surface area contributed by atoms with E-state index in [1.54, 1.807) is 0 Å². The van der Waals surface area contributed by atoms with Crippen LogP contribution in [-0.2, 0) is 6.42 Å². The summed E-state index contributed by atoms with van der Waals surface area (Å²) in [6, 6.07) is 2.85. The second-order valence-corrected chi connectivity index (χ2v) is 3.18. The molecule has 1 aromatic rings. The molecule has 1 aromatic carbocycles. The van der Waals surface area contributed by atoms with Gasteiger partial charge in [0.15, 0.2) is 6.29 Å². The van der Waals surface area contributed by atoms with Gasteiger partial charge in [-0.05, 0) is 30.5 Å². The topological polar surface area (TPSA) is 74.6 Å². The molecule has 2 N–H and O–H groups in total. The smallest absolute Gasteiger partial charge is 0.153 e. The summed E-state index contributed by atoms with van der Waals surface area (Å²) in [5, 5.41) is 18.3. The highest BCUT2D eigenvalue weighted by molar-refractivity contribution is 5.85. The van der Waals surface area contributed by atoms with Gasteiger partial charge < -0.3 is 10.2 Å². The first-order chi connectivity index (χ1) is 7.22. The van der Waals surface area contributed by atoms with Gasteiger partial charge in [-0.15, -0.1) is 0 Å². The van der Waals surface area contributed by atoms with Crippen LogP contribution >= 0.6 is 0 Å². The third-order valence-corrected chi connectivity index (χ3v) is 2.11. The van der Waals surface area contributed by atoms with Crippen LogP contribution in [0.4, 0.5) is 0 Å². The molecule has 0 saturated heterocycles. The van der Waals surface area contributed by atoms with Gasteiger partial charge in [0.05, 0.1) is 5.56 Å². The number of aromatic hydroxyl groups is 1. The third-order valence-electron chi connectivity index (χ3n) is 2.11. The number of benzene rings is 1. The Hall–Kier alpha value is -1.68. The number of hydrogen-bond donors (Lipinski definition) is 2. The Balaban J connectivity index is 3.11. The number of phenolic OH excluding ortho intramolecular Hbond substituents is 1. The van der Waals surface area contributed by atoms with E-state index in [2.05, 4.69) is 0 Å². The number of aryl methyl sites for hydroxylation is 1. The minimum atomic E-state index is -0.107. The Morgan fingerprint density at radius 3 is 2.47 bits per heavy atom. The molecule has 0 aromatic heterocycles. The van der Waals surface area contributed by atoms with Gasteiger partial charge in [0.25, 0.3) is 0 Å². The number of hydrogen-bond acceptors (Lipinski definition) is 4. The van der Waals surface area contributed by atoms with Crippen LogP contribution in [-0.4, -0.2) is 29.4 Å². The summed E-state index contributed by atoms with van der Waals surface area (Å²) in [6.45, 7) is 0.00117. The van der Waals surface area contributed by atoms with Crippen LogP contribution in [0, 0.1) is 0 Å². The average molecular weight is 208 g/mol. The van der Waals surface area contributed by atoms with Crippen molar-refractivity contribution in [1.82, 2.24) is 0 Å². The van der Waals surface area contributed by atoms with Gasteiger partial charge in [-0.1, -0.05) is 0 Å². The van der Waals surface area contributed by atoms with Gasteiger partial charge in [-0.25, -0.2) is 0 Å². The van der Waals surface area contributed by atoms with Gasteiger partial charge in [0, 0.05) is 12.2 Å². The van der Waals surface area contributed by atoms with Crippen molar-refractivity contribution < 1.29 is 19.8 Å². The molecule has 0 atom stereocenters. The van der Waals surface area contributed by atoms with Gasteiger partial charge >= 0.3 is 0 Å². The van der Waals surface area contributed by atoms with E-state index >= 15 is 0 Å². The van der Waals surface area contributed by atoms with Crippen LogP contribution in [0.1, 0.15) is 32.7 Å². The normalized spacial score (nSPS) is 9.93. The van der Waals surface area contributed by atoms with E-state index < -0.39 is 0 Å². The standard InChI is InChI=1S/C11H12O4/c12-3-1-2-9-4-8(6-13)5-10(7-14)11(9)15/h4-7,12,15H,1-3H2. The second-order valence-electron chi connectivity index (χ2n) is 3.18. The molecule has 0 aliphatic heterocycles. The van der Waals surface area contributed by atoms with Crippen molar-refractivity contribution >= 4 is 12.6 Å². The van der Waals surface area contributed by atoms with Gasteiger partial charge in [0.2, 0.25) is 0 Å². The van der Waals surface area contributed by atoms with Crippen LogP contribution in [0.5, 0.6) is 5.75 Å². The molecule has 0 fully saturated rings. The largest absolute Gasteiger partial charge is 0.507 e. The van der Waals surface area contributed by atoms with E-state index in [1.165, 1.54) is 12.1 Å². The van der Waals surface area contributed by atoms with Crippen LogP contribution in [0.2, 0.25) is 0 Å². The van der Waals surface area contributed by atoms with Crippen molar-refractivity contribution in [2.45, 2.75) is 12.8 Å². The van der Waals surface area contributed by atoms with E-state index in [0.29, 0.717) is 36.5 Å². The summed E-state index contributed by atoms with van der Waals surface area (Å²) in [5.74, 6) is -0.107. The zero-order chi connectivity index (χ0) is 11.3. The van der Waals surface area contributed by atoms with Crippen LogP contribution in [0.25, 0.3) is 0 Å². The lowest BCUT2D eigenvalue weighted by Gasteiger charge is -2.06. The molecule has 0 amide bonds. The zero-order valence-electron chi connectivity index (χ0n) is 8.14. The zero-order valence-corrected chi connectivity index (χ0v) is 8.14. The van der Waals surface area contributed by atoms with E-state index in [-0.39, 0.29) is 17.9 Å². The molecule has 4 nitrogen and oxygen atoms in total. The molecule has 1 rings (SSSR count). The van der Waals surface area contributed by atoms with Crippen molar-refractivity contribution in [1.29, 1.82) is 0 Å². The Morgan fingerprint density at radius 2 is 1.93 bits per heavy atom. The first-order valence-corrected chi connectivity index (χ1v) is 4.60. The Labute approximate surface area is 87.2 Å². The predicted octanol–water partition coefficient (Wildman–Crippen LogP) is 0.942. The fraction of sp³-hybridized carbons (Fsp3) is 0.273. The molecule has 0 unspecified atom stereocenters. The van der Waals surface area contributed by atoms with Crippen LogP contribution in [0.3, 0.4) is 0 Å². The molecule has 0 saturated carbocycles. The SMILES string of the molecule is O=Cc1cc(C=O)c(O)c(CCCO)c1. The highest BCUT2D eigenvalue weighted by Crippen LogP contribution is 2.24. The molecule has 4 heteroatoms.